The molecule has 8 heteroatoms. The molecule has 3 aromatic carbocycles. The molecule has 156 valence electrons. The smallest absolute Gasteiger partial charge is 0.269 e. The molecule has 0 aliphatic carbocycles. The number of nitro benzene ring substituents is 1. The summed E-state index contributed by atoms with van der Waals surface area (Å²) in [4.78, 5) is 31.3. The highest BCUT2D eigenvalue weighted by Crippen LogP contribution is 2.37. The number of thioether (sulfide) groups is 1. The van der Waals surface area contributed by atoms with Gasteiger partial charge in [-0.05, 0) is 49.7 Å². The van der Waals surface area contributed by atoms with Gasteiger partial charge in [-0.3, -0.25) is 19.8 Å². The Balaban J connectivity index is 1.68. The molecule has 0 saturated carbocycles. The lowest BCUT2D eigenvalue weighted by Gasteiger charge is -2.24. The van der Waals surface area contributed by atoms with Crippen molar-refractivity contribution in [3.05, 3.63) is 88.5 Å². The SMILES string of the molecule is Cc1ccccc1N(C(=O)C(C)Sc1ccc([N+](=O)[O-])cc1)c1nc2ccccc2s1. The first-order valence-corrected chi connectivity index (χ1v) is 11.3. The Kier molecular flexibility index (Phi) is 6.01. The number of rotatable bonds is 6. The van der Waals surface area contributed by atoms with Gasteiger partial charge in [-0.1, -0.05) is 41.7 Å². The summed E-state index contributed by atoms with van der Waals surface area (Å²) in [6, 6.07) is 21.8. The van der Waals surface area contributed by atoms with E-state index in [1.807, 2.05) is 62.4 Å². The quantitative estimate of drug-likeness (QED) is 0.194. The number of hydrogen-bond donors (Lipinski definition) is 0. The summed E-state index contributed by atoms with van der Waals surface area (Å²) in [5, 5.41) is 11.1. The number of para-hydroxylation sites is 2. The number of non-ortho nitro benzene ring substituents is 1. The van der Waals surface area contributed by atoms with Crippen LogP contribution in [0.25, 0.3) is 10.2 Å². The van der Waals surface area contributed by atoms with E-state index in [4.69, 9.17) is 4.98 Å². The molecule has 0 N–H and O–H groups in total. The highest BCUT2D eigenvalue weighted by Gasteiger charge is 2.28. The minimum Gasteiger partial charge on any atom is -0.273 e. The molecule has 0 saturated heterocycles. The van der Waals surface area contributed by atoms with Crippen molar-refractivity contribution >= 4 is 55.7 Å². The second-order valence-corrected chi connectivity index (χ2v) is 9.36. The number of aryl methyl sites for hydroxylation is 1. The molecule has 0 bridgehead atoms. The third-order valence-corrected chi connectivity index (χ3v) is 6.88. The van der Waals surface area contributed by atoms with Crippen LogP contribution in [0, 0.1) is 17.0 Å². The summed E-state index contributed by atoms with van der Waals surface area (Å²) in [5.41, 5.74) is 2.65. The molecule has 0 spiro atoms. The zero-order chi connectivity index (χ0) is 22.0. The lowest BCUT2D eigenvalue weighted by Crippen LogP contribution is -2.33. The zero-order valence-corrected chi connectivity index (χ0v) is 18.5. The van der Waals surface area contributed by atoms with Gasteiger partial charge in [0.05, 0.1) is 26.1 Å². The van der Waals surface area contributed by atoms with E-state index in [0.717, 1.165) is 26.4 Å². The van der Waals surface area contributed by atoms with Crippen LogP contribution in [-0.4, -0.2) is 21.1 Å². The predicted octanol–water partition coefficient (Wildman–Crippen LogP) is 6.36. The van der Waals surface area contributed by atoms with E-state index in [2.05, 4.69) is 0 Å². The van der Waals surface area contributed by atoms with Crippen molar-refractivity contribution in [2.75, 3.05) is 4.90 Å². The van der Waals surface area contributed by atoms with Crippen molar-refractivity contribution in [1.82, 2.24) is 4.98 Å². The minimum atomic E-state index is -0.434. The van der Waals surface area contributed by atoms with Crippen molar-refractivity contribution in [1.29, 1.82) is 0 Å². The van der Waals surface area contributed by atoms with Crippen LogP contribution in [0.3, 0.4) is 0 Å². The molecule has 6 nitrogen and oxygen atoms in total. The van der Waals surface area contributed by atoms with E-state index in [1.54, 1.807) is 17.0 Å². The van der Waals surface area contributed by atoms with E-state index in [9.17, 15) is 14.9 Å². The van der Waals surface area contributed by atoms with Crippen LogP contribution in [0.5, 0.6) is 0 Å². The number of hydrogen-bond acceptors (Lipinski definition) is 6. The Bertz CT molecular complexity index is 1220. The van der Waals surface area contributed by atoms with E-state index >= 15 is 0 Å². The maximum atomic E-state index is 13.6. The second kappa shape index (κ2) is 8.87. The molecule has 0 radical (unpaired) electrons. The van der Waals surface area contributed by atoms with E-state index in [0.29, 0.717) is 5.13 Å². The Morgan fingerprint density at radius 1 is 1.06 bits per heavy atom. The average molecular weight is 450 g/mol. The lowest BCUT2D eigenvalue weighted by molar-refractivity contribution is -0.384. The van der Waals surface area contributed by atoms with E-state index < -0.39 is 10.2 Å². The summed E-state index contributed by atoms with van der Waals surface area (Å²) < 4.78 is 1.01. The number of carbonyl (C=O) groups is 1. The fourth-order valence-electron chi connectivity index (χ4n) is 3.17. The van der Waals surface area contributed by atoms with Crippen LogP contribution >= 0.6 is 23.1 Å². The fourth-order valence-corrected chi connectivity index (χ4v) is 5.06. The molecule has 0 aliphatic heterocycles. The van der Waals surface area contributed by atoms with Gasteiger partial charge in [-0.2, -0.15) is 0 Å². The molecule has 1 atom stereocenters. The van der Waals surface area contributed by atoms with Gasteiger partial charge in [0.15, 0.2) is 5.13 Å². The molecular weight excluding hydrogens is 430 g/mol. The topological polar surface area (TPSA) is 76.3 Å². The third kappa shape index (κ3) is 4.45. The maximum Gasteiger partial charge on any atom is 0.269 e. The number of nitro groups is 1. The second-order valence-electron chi connectivity index (χ2n) is 6.94. The number of amides is 1. The number of benzene rings is 3. The van der Waals surface area contributed by atoms with Crippen LogP contribution in [-0.2, 0) is 4.79 Å². The molecule has 0 aliphatic rings. The first-order valence-electron chi connectivity index (χ1n) is 9.60. The Morgan fingerprint density at radius 2 is 1.74 bits per heavy atom. The summed E-state index contributed by atoms with van der Waals surface area (Å²) in [7, 11) is 0. The first kappa shape index (κ1) is 21.0. The average Bonchev–Trinajstić information content (AvgIpc) is 3.19. The fraction of sp³-hybridized carbons (Fsp3) is 0.130. The Labute approximate surface area is 187 Å². The van der Waals surface area contributed by atoms with Gasteiger partial charge in [-0.25, -0.2) is 4.98 Å². The van der Waals surface area contributed by atoms with Crippen molar-refractivity contribution in [3.8, 4) is 0 Å². The maximum absolute atomic E-state index is 13.6. The number of carbonyl (C=O) groups excluding carboxylic acids is 1. The van der Waals surface area contributed by atoms with E-state index in [1.165, 1.54) is 35.2 Å². The van der Waals surface area contributed by atoms with Crippen LogP contribution in [0.1, 0.15) is 12.5 Å². The number of fused-ring (bicyclic) bond motifs is 1. The summed E-state index contributed by atoms with van der Waals surface area (Å²) in [6.45, 7) is 3.81. The van der Waals surface area contributed by atoms with Gasteiger partial charge in [0.1, 0.15) is 0 Å². The molecule has 1 amide bonds. The van der Waals surface area contributed by atoms with Crippen LogP contribution < -0.4 is 4.90 Å². The van der Waals surface area contributed by atoms with Gasteiger partial charge in [0, 0.05) is 17.0 Å². The largest absolute Gasteiger partial charge is 0.273 e. The Morgan fingerprint density at radius 3 is 2.42 bits per heavy atom. The molecular formula is C23H19N3O3S2. The summed E-state index contributed by atoms with van der Waals surface area (Å²) in [6.07, 6.45) is 0. The minimum absolute atomic E-state index is 0.0272. The lowest BCUT2D eigenvalue weighted by atomic mass is 10.2. The normalized spacial score (nSPS) is 11.9. The molecule has 4 rings (SSSR count). The van der Waals surface area contributed by atoms with Gasteiger partial charge in [-0.15, -0.1) is 11.8 Å². The van der Waals surface area contributed by atoms with Crippen molar-refractivity contribution in [2.24, 2.45) is 0 Å². The highest BCUT2D eigenvalue weighted by atomic mass is 32.2. The van der Waals surface area contributed by atoms with Crippen LogP contribution in [0.2, 0.25) is 0 Å². The molecule has 31 heavy (non-hydrogen) atoms. The molecule has 1 aromatic heterocycles. The van der Waals surface area contributed by atoms with Crippen LogP contribution in [0.4, 0.5) is 16.5 Å². The van der Waals surface area contributed by atoms with Gasteiger partial charge < -0.3 is 0 Å². The molecule has 1 heterocycles. The third-order valence-electron chi connectivity index (χ3n) is 4.76. The van der Waals surface area contributed by atoms with Gasteiger partial charge in [0.25, 0.3) is 5.69 Å². The number of aromatic nitrogens is 1. The zero-order valence-electron chi connectivity index (χ0n) is 16.9. The molecule has 1 unspecified atom stereocenters. The standard InChI is InChI=1S/C23H19N3O3S2/c1-15-7-3-5-9-20(15)25(23-24-19-8-4-6-10-21(19)31-23)22(27)16(2)30-18-13-11-17(12-14-18)26(28)29/h3-14,16H,1-2H3. The van der Waals surface area contributed by atoms with Crippen LogP contribution in [0.15, 0.2) is 77.7 Å². The number of nitrogens with zero attached hydrogens (tertiary/aromatic N) is 3. The van der Waals surface area contributed by atoms with Crippen molar-refractivity contribution < 1.29 is 9.72 Å². The van der Waals surface area contributed by atoms with Gasteiger partial charge >= 0.3 is 0 Å². The van der Waals surface area contributed by atoms with E-state index in [-0.39, 0.29) is 11.6 Å². The molecule has 0 fully saturated rings. The van der Waals surface area contributed by atoms with Gasteiger partial charge in [0.2, 0.25) is 5.91 Å². The van der Waals surface area contributed by atoms with Crippen molar-refractivity contribution in [2.45, 2.75) is 24.0 Å². The van der Waals surface area contributed by atoms with Crippen molar-refractivity contribution in [3.63, 3.8) is 0 Å². The first-order chi connectivity index (χ1) is 14.9. The Hall–Kier alpha value is -3.23. The number of anilines is 2. The summed E-state index contributed by atoms with van der Waals surface area (Å²) >= 11 is 2.84. The highest BCUT2D eigenvalue weighted by molar-refractivity contribution is 8.00. The molecule has 4 aromatic rings. The number of thiazole rings is 1. The predicted molar refractivity (Wildman–Crippen MR) is 126 cm³/mol. The summed E-state index contributed by atoms with van der Waals surface area (Å²) in [5.74, 6) is -0.100. The monoisotopic (exact) mass is 449 g/mol.